The van der Waals surface area contributed by atoms with E-state index in [1.54, 1.807) is 0 Å². The molecule has 1 aromatic heterocycles. The van der Waals surface area contributed by atoms with E-state index in [0.29, 0.717) is 5.90 Å². The minimum Gasteiger partial charge on any atom is -0.520 e. The van der Waals surface area contributed by atoms with Gasteiger partial charge in [0.05, 0.1) is 30.9 Å². The first kappa shape index (κ1) is 20.9. The zero-order chi connectivity index (χ0) is 18.5. The summed E-state index contributed by atoms with van der Waals surface area (Å²) in [4.78, 5) is 12.8. The zero-order valence-corrected chi connectivity index (χ0v) is 17.5. The Labute approximate surface area is 171 Å². The normalized spacial score (nSPS) is 13.9. The van der Waals surface area contributed by atoms with Crippen molar-refractivity contribution in [3.8, 4) is 0 Å². The number of fused-ring (bicyclic) bond motifs is 3. The van der Waals surface area contributed by atoms with Gasteiger partial charge in [-0.1, -0.05) is 35.2 Å². The van der Waals surface area contributed by atoms with E-state index in [4.69, 9.17) is 19.1 Å². The molecule has 143 valence electrons. The Bertz CT molecular complexity index is 1000. The largest absolute Gasteiger partial charge is 0.520 e. The van der Waals surface area contributed by atoms with E-state index in [2.05, 4.69) is 17.1 Å². The molecule has 5 nitrogen and oxygen atoms in total. The molecule has 4 rings (SSSR count). The number of carbonyl (C=O) groups excluding carboxylic acids is 1. The topological polar surface area (TPSA) is 76.4 Å². The third kappa shape index (κ3) is 5.28. The Kier molecular flexibility index (Phi) is 7.34. The number of benzene rings is 2. The first-order valence-corrected chi connectivity index (χ1v) is 8.45. The SMILES string of the molecule is CC(=[OH+])/C=C(/C)O.[Ir].[c-]1cc2c(cc1C1=NCCCO1)oc1ccccc12. The summed E-state index contributed by atoms with van der Waals surface area (Å²) < 4.78 is 11.4. The molecule has 0 saturated heterocycles. The van der Waals surface area contributed by atoms with Crippen LogP contribution in [0, 0.1) is 6.07 Å². The first-order valence-electron chi connectivity index (χ1n) is 8.45. The Hall–Kier alpha value is -2.43. The van der Waals surface area contributed by atoms with Crippen LogP contribution in [0.15, 0.2) is 57.6 Å². The maximum absolute atomic E-state index is 8.40. The molecular formula is C21H21IrNO4. The molecule has 2 aromatic carbocycles. The molecule has 0 saturated carbocycles. The van der Waals surface area contributed by atoms with Crippen LogP contribution in [0.5, 0.6) is 0 Å². The van der Waals surface area contributed by atoms with Crippen molar-refractivity contribution in [3.63, 3.8) is 0 Å². The number of hydrogen-bond acceptors (Lipinski definition) is 4. The van der Waals surface area contributed by atoms with Gasteiger partial charge in [0.1, 0.15) is 11.5 Å². The second-order valence-corrected chi connectivity index (χ2v) is 6.04. The molecule has 27 heavy (non-hydrogen) atoms. The number of aliphatic hydroxyl groups is 1. The minimum absolute atomic E-state index is 0. The number of ether oxygens (including phenoxy) is 1. The molecule has 2 N–H and O–H groups in total. The van der Waals surface area contributed by atoms with Crippen LogP contribution < -0.4 is 0 Å². The fraction of sp³-hybridized carbons (Fsp3) is 0.238. The predicted molar refractivity (Wildman–Crippen MR) is 104 cm³/mol. The van der Waals surface area contributed by atoms with Gasteiger partial charge in [-0.25, -0.2) is 0 Å². The van der Waals surface area contributed by atoms with Crippen LogP contribution in [-0.4, -0.2) is 34.7 Å². The summed E-state index contributed by atoms with van der Waals surface area (Å²) in [7, 11) is 0. The van der Waals surface area contributed by atoms with Crippen LogP contribution in [-0.2, 0) is 24.8 Å². The molecule has 0 atom stereocenters. The molecule has 3 aromatic rings. The van der Waals surface area contributed by atoms with Gasteiger partial charge >= 0.3 is 5.78 Å². The summed E-state index contributed by atoms with van der Waals surface area (Å²) >= 11 is 0. The summed E-state index contributed by atoms with van der Waals surface area (Å²) in [6, 6.07) is 15.2. The Morgan fingerprint density at radius 1 is 1.22 bits per heavy atom. The molecule has 0 bridgehead atoms. The first-order chi connectivity index (χ1) is 12.5. The standard InChI is InChI=1S/C16H12NO2.C5H8O2.Ir/c1-2-5-14-12(4-1)13-7-6-11(10-15(13)19-14)16-17-8-3-9-18-16;1-4(6)3-5(2)7;/h1-2,4-5,7,10H,3,8-9H2;3,6H,1-2H3;/q-1;;/p+1/b;4-3-;. The van der Waals surface area contributed by atoms with Crippen LogP contribution in [0.25, 0.3) is 21.9 Å². The van der Waals surface area contributed by atoms with Gasteiger partial charge in [-0.15, -0.1) is 12.1 Å². The van der Waals surface area contributed by atoms with Crippen LogP contribution in [0.2, 0.25) is 0 Å². The van der Waals surface area contributed by atoms with E-state index < -0.39 is 0 Å². The molecule has 1 radical (unpaired) electrons. The molecule has 2 heterocycles. The van der Waals surface area contributed by atoms with E-state index >= 15 is 0 Å². The van der Waals surface area contributed by atoms with Crippen molar-refractivity contribution in [2.45, 2.75) is 20.3 Å². The number of nitrogens with zero attached hydrogens (tertiary/aromatic N) is 1. The molecule has 0 unspecified atom stereocenters. The quantitative estimate of drug-likeness (QED) is 0.223. The van der Waals surface area contributed by atoms with Gasteiger partial charge in [-0.05, 0) is 24.8 Å². The van der Waals surface area contributed by atoms with Gasteiger partial charge in [0.25, 0.3) is 0 Å². The fourth-order valence-electron chi connectivity index (χ4n) is 2.71. The third-order valence-corrected chi connectivity index (χ3v) is 3.75. The number of aliphatic imine (C=N–C) groups is 1. The maximum Gasteiger partial charge on any atom is 0.316 e. The van der Waals surface area contributed by atoms with Crippen LogP contribution in [0.4, 0.5) is 0 Å². The summed E-state index contributed by atoms with van der Waals surface area (Å²) in [6.45, 7) is 4.55. The predicted octanol–water partition coefficient (Wildman–Crippen LogP) is 4.56. The van der Waals surface area contributed by atoms with Gasteiger partial charge in [0.15, 0.2) is 0 Å². The van der Waals surface area contributed by atoms with Crippen LogP contribution >= 0.6 is 0 Å². The van der Waals surface area contributed by atoms with Crippen molar-refractivity contribution in [1.29, 1.82) is 0 Å². The Morgan fingerprint density at radius 3 is 2.63 bits per heavy atom. The number of furan rings is 1. The summed E-state index contributed by atoms with van der Waals surface area (Å²) in [6.07, 6.45) is 2.26. The molecular weight excluding hydrogens is 522 g/mol. The Morgan fingerprint density at radius 2 is 2.00 bits per heavy atom. The van der Waals surface area contributed by atoms with Crippen molar-refractivity contribution in [1.82, 2.24) is 0 Å². The number of ketones is 1. The molecule has 0 aliphatic carbocycles. The second-order valence-electron chi connectivity index (χ2n) is 6.04. The van der Waals surface area contributed by atoms with E-state index in [1.165, 1.54) is 19.9 Å². The zero-order valence-electron chi connectivity index (χ0n) is 15.2. The van der Waals surface area contributed by atoms with Crippen LogP contribution in [0.3, 0.4) is 0 Å². The van der Waals surface area contributed by atoms with Gasteiger partial charge in [-0.3, -0.25) is 9.79 Å². The smallest absolute Gasteiger partial charge is 0.316 e. The fourth-order valence-corrected chi connectivity index (χ4v) is 2.71. The molecule has 1 aliphatic rings. The van der Waals surface area contributed by atoms with E-state index in [9.17, 15) is 0 Å². The molecule has 0 fully saturated rings. The Balaban J connectivity index is 0.000000285. The van der Waals surface area contributed by atoms with Crippen molar-refractivity contribution in [3.05, 3.63) is 59.9 Å². The average Bonchev–Trinajstić information content (AvgIpc) is 2.99. The maximum atomic E-state index is 8.40. The van der Waals surface area contributed by atoms with E-state index in [-0.39, 0.29) is 31.6 Å². The molecule has 0 spiro atoms. The van der Waals surface area contributed by atoms with Gasteiger partial charge in [0.2, 0.25) is 0 Å². The number of rotatable bonds is 2. The third-order valence-electron chi connectivity index (χ3n) is 3.75. The van der Waals surface area contributed by atoms with E-state index in [1.807, 2.05) is 30.3 Å². The molecule has 6 heteroatoms. The van der Waals surface area contributed by atoms with Gasteiger partial charge in [-0.2, -0.15) is 0 Å². The summed E-state index contributed by atoms with van der Waals surface area (Å²) in [5.41, 5.74) is 2.62. The van der Waals surface area contributed by atoms with Crippen molar-refractivity contribution >= 4 is 33.6 Å². The van der Waals surface area contributed by atoms with Crippen LogP contribution in [0.1, 0.15) is 25.8 Å². The monoisotopic (exact) mass is 544 g/mol. The van der Waals surface area contributed by atoms with Crippen molar-refractivity contribution in [2.24, 2.45) is 4.99 Å². The van der Waals surface area contributed by atoms with Gasteiger partial charge < -0.3 is 14.3 Å². The summed E-state index contributed by atoms with van der Waals surface area (Å²) in [5, 5.41) is 10.6. The molecule has 1 aliphatic heterocycles. The van der Waals surface area contributed by atoms with Crippen molar-refractivity contribution < 1.29 is 39.2 Å². The number of aliphatic hydroxyl groups excluding tert-OH is 1. The number of para-hydroxylation sites is 1. The van der Waals surface area contributed by atoms with Crippen molar-refractivity contribution in [2.75, 3.05) is 13.2 Å². The average molecular weight is 544 g/mol. The number of allylic oxidation sites excluding steroid dienone is 2. The van der Waals surface area contributed by atoms with E-state index in [0.717, 1.165) is 47.1 Å². The second kappa shape index (κ2) is 9.49. The molecule has 0 amide bonds. The minimum atomic E-state index is 0. The summed E-state index contributed by atoms with van der Waals surface area (Å²) in [5.74, 6) is 0.925. The van der Waals surface area contributed by atoms with Gasteiger partial charge in [0, 0.05) is 26.7 Å². The number of hydrogen-bond donors (Lipinski definition) is 1.